The average molecular weight is 398 g/mol. The van der Waals surface area contributed by atoms with Crippen molar-refractivity contribution in [3.05, 3.63) is 0 Å². The molecule has 0 aromatic carbocycles. The lowest BCUT2D eigenvalue weighted by atomic mass is 10.0. The van der Waals surface area contributed by atoms with Gasteiger partial charge in [-0.3, -0.25) is 0 Å². The number of quaternary nitrogens is 1. The second-order valence-corrected chi connectivity index (χ2v) is 6.79. The normalized spacial score (nSPS) is 9.46. The van der Waals surface area contributed by atoms with Crippen LogP contribution in [0.15, 0.2) is 0 Å². The van der Waals surface area contributed by atoms with E-state index >= 15 is 0 Å². The van der Waals surface area contributed by atoms with E-state index in [4.69, 9.17) is 10.2 Å². The Labute approximate surface area is 171 Å². The molecule has 0 aromatic heterocycles. The Morgan fingerprint density at radius 3 is 0.846 bits per heavy atom. The molecule has 5 N–H and O–H groups in total. The van der Waals surface area contributed by atoms with E-state index in [0.29, 0.717) is 0 Å². The van der Waals surface area contributed by atoms with Crippen molar-refractivity contribution in [2.45, 2.75) is 124 Å². The smallest absolute Gasteiger partial charge is 0.0739 e. The summed E-state index contributed by atoms with van der Waals surface area (Å²) in [7, 11) is 0. The van der Waals surface area contributed by atoms with Crippen molar-refractivity contribution in [2.24, 2.45) is 0 Å². The molecule has 0 atom stereocenters. The zero-order valence-corrected chi connectivity index (χ0v) is 19.2. The van der Waals surface area contributed by atoms with Gasteiger partial charge in [0.25, 0.3) is 0 Å². The molecule has 0 aliphatic rings. The van der Waals surface area contributed by atoms with E-state index in [-0.39, 0.29) is 25.6 Å². The van der Waals surface area contributed by atoms with Crippen molar-refractivity contribution in [1.82, 2.24) is 0 Å². The van der Waals surface area contributed by atoms with Crippen LogP contribution in [0.1, 0.15) is 124 Å². The zero-order chi connectivity index (χ0) is 19.4. The van der Waals surface area contributed by atoms with E-state index in [2.05, 4.69) is 12.7 Å². The number of aliphatic hydroxyl groups is 2. The number of hydrogen-bond acceptors (Lipinski definition) is 2. The fourth-order valence-corrected chi connectivity index (χ4v) is 2.72. The summed E-state index contributed by atoms with van der Waals surface area (Å²) in [6, 6.07) is 0. The van der Waals surface area contributed by atoms with Gasteiger partial charge in [-0.1, -0.05) is 96.8 Å². The molecule has 4 heteroatoms. The van der Waals surface area contributed by atoms with E-state index in [9.17, 15) is 0 Å². The summed E-state index contributed by atoms with van der Waals surface area (Å²) in [5.74, 6) is 0. The first-order valence-electron chi connectivity index (χ1n) is 11.3. The molecular weight excluding hydrogens is 346 g/mol. The van der Waals surface area contributed by atoms with Crippen molar-refractivity contribution in [2.75, 3.05) is 19.8 Å². The van der Waals surface area contributed by atoms with Gasteiger partial charge < -0.3 is 28.4 Å². The number of rotatable bonds is 16. The van der Waals surface area contributed by atoms with Crippen LogP contribution >= 0.6 is 0 Å². The molecule has 0 fully saturated rings. The largest absolute Gasteiger partial charge is 1.00 e. The van der Waals surface area contributed by atoms with Crippen LogP contribution in [-0.4, -0.2) is 30.0 Å². The monoisotopic (exact) mass is 397 g/mol. The number of hydrogen-bond donors (Lipinski definition) is 3. The van der Waals surface area contributed by atoms with E-state index in [1.54, 1.807) is 13.8 Å². The van der Waals surface area contributed by atoms with Crippen LogP contribution in [0, 0.1) is 0 Å². The molecule has 0 aromatic rings. The Bertz CT molecular complexity index is 166. The fraction of sp³-hybridized carbons (Fsp3) is 1.00. The maximum absolute atomic E-state index is 7.57. The van der Waals surface area contributed by atoms with Gasteiger partial charge in [0.1, 0.15) is 0 Å². The predicted octanol–water partition coefficient (Wildman–Crippen LogP) is 2.49. The van der Waals surface area contributed by atoms with Crippen LogP contribution in [0.5, 0.6) is 0 Å². The summed E-state index contributed by atoms with van der Waals surface area (Å²) in [5, 5.41) is 15.1. The molecule has 0 heterocycles. The molecule has 0 unspecified atom stereocenters. The Hall–Kier alpha value is 0.170. The average Bonchev–Trinajstić information content (AvgIpc) is 2.60. The molecule has 0 amide bonds. The minimum atomic E-state index is 0. The third-order valence-electron chi connectivity index (χ3n) is 4.10. The van der Waals surface area contributed by atoms with Crippen molar-refractivity contribution in [3.8, 4) is 0 Å². The summed E-state index contributed by atoms with van der Waals surface area (Å²) in [6.07, 6.45) is 23.2. The molecule has 0 rings (SSSR count). The van der Waals surface area contributed by atoms with Gasteiger partial charge in [-0.15, -0.1) is 0 Å². The quantitative estimate of drug-likeness (QED) is 0.350. The Morgan fingerprint density at radius 1 is 0.462 bits per heavy atom. The first-order chi connectivity index (χ1) is 12.2. The molecule has 164 valence electrons. The third kappa shape index (κ3) is 49.6. The molecule has 0 bridgehead atoms. The standard InChI is InChI=1S/C18H39N.2C2H6O.ClH/c1-2-3-4-5-6-7-8-9-10-11-12-13-14-15-16-17-18-19;2*1-2-3;/h2-19H2,1H3;2*3H,2H2,1H3;1H. The SMILES string of the molecule is CCCCCCCCCCCCCCCCCC[NH3+].CCO.CCO.[Cl-]. The highest BCUT2D eigenvalue weighted by Crippen LogP contribution is 2.13. The lowest BCUT2D eigenvalue weighted by Gasteiger charge is -2.03. The first kappa shape index (κ1) is 33.7. The molecule has 3 nitrogen and oxygen atoms in total. The molecule has 0 aliphatic carbocycles. The highest BCUT2D eigenvalue weighted by Gasteiger charge is 1.94. The summed E-state index contributed by atoms with van der Waals surface area (Å²) in [5.41, 5.74) is 3.89. The van der Waals surface area contributed by atoms with Crippen LogP contribution in [-0.2, 0) is 0 Å². The summed E-state index contributed by atoms with van der Waals surface area (Å²) in [4.78, 5) is 0. The molecule has 26 heavy (non-hydrogen) atoms. The van der Waals surface area contributed by atoms with Gasteiger partial charge in [0.05, 0.1) is 6.54 Å². The Morgan fingerprint density at radius 2 is 0.654 bits per heavy atom. The molecule has 0 saturated carbocycles. The number of aliphatic hydroxyl groups excluding tert-OH is 2. The lowest BCUT2D eigenvalue weighted by Crippen LogP contribution is -3.00. The molecule has 0 radical (unpaired) electrons. The second-order valence-electron chi connectivity index (χ2n) is 6.79. The molecule has 0 saturated heterocycles. The predicted molar refractivity (Wildman–Crippen MR) is 113 cm³/mol. The summed E-state index contributed by atoms with van der Waals surface area (Å²) >= 11 is 0. The summed E-state index contributed by atoms with van der Waals surface area (Å²) in [6.45, 7) is 7.28. The van der Waals surface area contributed by atoms with Crippen molar-refractivity contribution in [1.29, 1.82) is 0 Å². The summed E-state index contributed by atoms with van der Waals surface area (Å²) < 4.78 is 0. The fourth-order valence-electron chi connectivity index (χ4n) is 2.72. The van der Waals surface area contributed by atoms with Crippen molar-refractivity contribution >= 4 is 0 Å². The van der Waals surface area contributed by atoms with Crippen LogP contribution in [0.25, 0.3) is 0 Å². The minimum Gasteiger partial charge on any atom is -1.00 e. The zero-order valence-electron chi connectivity index (χ0n) is 18.4. The van der Waals surface area contributed by atoms with E-state index in [1.165, 1.54) is 103 Å². The second kappa shape index (κ2) is 40.0. The van der Waals surface area contributed by atoms with Crippen LogP contribution in [0.4, 0.5) is 0 Å². The van der Waals surface area contributed by atoms with Gasteiger partial charge in [0, 0.05) is 13.2 Å². The number of unbranched alkanes of at least 4 members (excludes halogenated alkanes) is 15. The topological polar surface area (TPSA) is 68.1 Å². The van der Waals surface area contributed by atoms with E-state index in [0.717, 1.165) is 6.54 Å². The lowest BCUT2D eigenvalue weighted by molar-refractivity contribution is -0.368. The van der Waals surface area contributed by atoms with Gasteiger partial charge in [-0.05, 0) is 26.7 Å². The third-order valence-corrected chi connectivity index (χ3v) is 4.10. The van der Waals surface area contributed by atoms with Crippen molar-refractivity contribution < 1.29 is 28.4 Å². The molecular formula is C22H52ClNO2. The highest BCUT2D eigenvalue weighted by atomic mass is 35.5. The first-order valence-corrected chi connectivity index (χ1v) is 11.3. The van der Waals surface area contributed by atoms with Crippen molar-refractivity contribution in [3.63, 3.8) is 0 Å². The van der Waals surface area contributed by atoms with Crippen LogP contribution in [0.3, 0.4) is 0 Å². The van der Waals surface area contributed by atoms with Gasteiger partial charge in [-0.2, -0.15) is 0 Å². The van der Waals surface area contributed by atoms with E-state index < -0.39 is 0 Å². The Kier molecular flexibility index (Phi) is 51.9. The molecule has 0 aliphatic heterocycles. The maximum Gasteiger partial charge on any atom is 0.0739 e. The van der Waals surface area contributed by atoms with Gasteiger partial charge in [0.15, 0.2) is 0 Å². The molecule has 0 spiro atoms. The van der Waals surface area contributed by atoms with Gasteiger partial charge in [-0.25, -0.2) is 0 Å². The Balaban J connectivity index is -0.000000302. The maximum atomic E-state index is 7.57. The number of halogens is 1. The van der Waals surface area contributed by atoms with Gasteiger partial charge in [0.2, 0.25) is 0 Å². The minimum absolute atomic E-state index is 0. The van der Waals surface area contributed by atoms with Crippen LogP contribution < -0.4 is 18.1 Å². The van der Waals surface area contributed by atoms with Crippen LogP contribution in [0.2, 0.25) is 0 Å². The highest BCUT2D eigenvalue weighted by molar-refractivity contribution is 4.49. The van der Waals surface area contributed by atoms with E-state index in [1.807, 2.05) is 0 Å². The van der Waals surface area contributed by atoms with Gasteiger partial charge >= 0.3 is 0 Å².